The van der Waals surface area contributed by atoms with Gasteiger partial charge in [-0.3, -0.25) is 9.59 Å². The van der Waals surface area contributed by atoms with E-state index in [0.717, 1.165) is 11.3 Å². The number of hydrogen-bond acceptors (Lipinski definition) is 4. The van der Waals surface area contributed by atoms with Crippen molar-refractivity contribution in [1.82, 2.24) is 9.97 Å². The van der Waals surface area contributed by atoms with E-state index in [2.05, 4.69) is 9.97 Å². The molecule has 0 amide bonds. The summed E-state index contributed by atoms with van der Waals surface area (Å²) in [5.41, 5.74) is 0.403. The molecule has 0 saturated heterocycles. The summed E-state index contributed by atoms with van der Waals surface area (Å²) in [6.45, 7) is 0. The zero-order valence-electron chi connectivity index (χ0n) is 6.20. The van der Waals surface area contributed by atoms with E-state index in [0.29, 0.717) is 10.2 Å². The Kier molecular flexibility index (Phi) is 1.90. The van der Waals surface area contributed by atoms with Crippen LogP contribution in [0.1, 0.15) is 10.4 Å². The van der Waals surface area contributed by atoms with Gasteiger partial charge in [0.05, 0.1) is 11.9 Å². The van der Waals surface area contributed by atoms with Gasteiger partial charge in [0.2, 0.25) is 0 Å². The predicted octanol–water partition coefficient (Wildman–Crippen LogP) is 1.36. The van der Waals surface area contributed by atoms with Crippen LogP contribution in [0.15, 0.2) is 16.5 Å². The molecule has 2 heterocycles. The minimum Gasteiger partial charge on any atom is -0.312 e. The molecule has 1 N–H and O–H groups in total. The smallest absolute Gasteiger partial charge is 0.268 e. The molecule has 0 unspecified atom stereocenters. The highest BCUT2D eigenvalue weighted by Crippen LogP contribution is 2.21. The first-order chi connectivity index (χ1) is 6.20. The lowest BCUT2D eigenvalue weighted by Crippen LogP contribution is -2.04. The molecule has 6 heteroatoms. The molecule has 0 aliphatic heterocycles. The first-order valence-corrected chi connectivity index (χ1v) is 4.60. The van der Waals surface area contributed by atoms with Crippen molar-refractivity contribution >= 4 is 38.4 Å². The second-order valence-corrected chi connectivity index (χ2v) is 3.56. The zero-order chi connectivity index (χ0) is 9.42. The summed E-state index contributed by atoms with van der Waals surface area (Å²) >= 11 is 6.45. The molecule has 13 heavy (non-hydrogen) atoms. The third-order valence-electron chi connectivity index (χ3n) is 1.57. The topological polar surface area (TPSA) is 62.8 Å². The molecule has 0 aliphatic rings. The highest BCUT2D eigenvalue weighted by molar-refractivity contribution is 7.17. The van der Waals surface area contributed by atoms with Gasteiger partial charge in [0, 0.05) is 5.38 Å². The van der Waals surface area contributed by atoms with Crippen LogP contribution in [0.25, 0.3) is 10.2 Å². The molecule has 4 nitrogen and oxygen atoms in total. The normalized spacial score (nSPS) is 10.5. The number of carbonyl (C=O) groups excluding carboxylic acids is 1. The lowest BCUT2D eigenvalue weighted by molar-refractivity contribution is 0.108. The van der Waals surface area contributed by atoms with Crippen molar-refractivity contribution in [3.05, 3.63) is 27.6 Å². The van der Waals surface area contributed by atoms with Crippen molar-refractivity contribution in [2.24, 2.45) is 0 Å². The highest BCUT2D eigenvalue weighted by Gasteiger charge is 2.12. The molecule has 2 aromatic heterocycles. The van der Waals surface area contributed by atoms with Gasteiger partial charge in [-0.05, 0) is 11.6 Å². The van der Waals surface area contributed by atoms with E-state index in [9.17, 15) is 9.59 Å². The van der Waals surface area contributed by atoms with Crippen molar-refractivity contribution < 1.29 is 4.79 Å². The van der Waals surface area contributed by atoms with Gasteiger partial charge < -0.3 is 4.98 Å². The Morgan fingerprint density at radius 2 is 2.38 bits per heavy atom. The molecule has 0 radical (unpaired) electrons. The Morgan fingerprint density at radius 1 is 1.62 bits per heavy atom. The van der Waals surface area contributed by atoms with Crippen LogP contribution >= 0.6 is 22.9 Å². The van der Waals surface area contributed by atoms with Gasteiger partial charge in [-0.15, -0.1) is 11.3 Å². The van der Waals surface area contributed by atoms with Crippen molar-refractivity contribution in [1.29, 1.82) is 0 Å². The Hall–Kier alpha value is -1.20. The van der Waals surface area contributed by atoms with Gasteiger partial charge >= 0.3 is 0 Å². The van der Waals surface area contributed by atoms with Crippen LogP contribution in [-0.4, -0.2) is 15.2 Å². The van der Waals surface area contributed by atoms with Crippen molar-refractivity contribution in [2.75, 3.05) is 0 Å². The summed E-state index contributed by atoms with van der Waals surface area (Å²) < 4.78 is 0.423. The van der Waals surface area contributed by atoms with Crippen LogP contribution in [0.5, 0.6) is 0 Å². The SMILES string of the molecule is O=C(Cl)c1csc2c(=O)[nH]cnc12. The number of nitrogens with zero attached hydrogens (tertiary/aromatic N) is 1. The monoisotopic (exact) mass is 214 g/mol. The molecule has 0 saturated carbocycles. The summed E-state index contributed by atoms with van der Waals surface area (Å²) in [4.78, 5) is 28.3. The van der Waals surface area contributed by atoms with E-state index in [1.807, 2.05) is 0 Å². The first-order valence-electron chi connectivity index (χ1n) is 3.35. The van der Waals surface area contributed by atoms with Gasteiger partial charge in [-0.1, -0.05) is 0 Å². The van der Waals surface area contributed by atoms with E-state index in [1.165, 1.54) is 11.7 Å². The first kappa shape index (κ1) is 8.40. The van der Waals surface area contributed by atoms with Gasteiger partial charge in [0.15, 0.2) is 0 Å². The number of halogens is 1. The second kappa shape index (κ2) is 2.93. The summed E-state index contributed by atoms with van der Waals surface area (Å²) in [7, 11) is 0. The maximum Gasteiger partial charge on any atom is 0.268 e. The van der Waals surface area contributed by atoms with Crippen LogP contribution in [0.2, 0.25) is 0 Å². The highest BCUT2D eigenvalue weighted by atomic mass is 35.5. The number of carbonyl (C=O) groups is 1. The number of rotatable bonds is 1. The van der Waals surface area contributed by atoms with E-state index in [1.54, 1.807) is 0 Å². The van der Waals surface area contributed by atoms with E-state index in [-0.39, 0.29) is 11.1 Å². The minimum absolute atomic E-state index is 0.251. The number of hydrogen-bond donors (Lipinski definition) is 1. The summed E-state index contributed by atoms with van der Waals surface area (Å²) in [6.07, 6.45) is 1.25. The molecule has 2 rings (SSSR count). The van der Waals surface area contributed by atoms with Crippen LogP contribution in [0.3, 0.4) is 0 Å². The van der Waals surface area contributed by atoms with E-state index >= 15 is 0 Å². The summed E-state index contributed by atoms with van der Waals surface area (Å²) in [5.74, 6) is 0. The van der Waals surface area contributed by atoms with Crippen LogP contribution in [-0.2, 0) is 0 Å². The average molecular weight is 215 g/mol. The van der Waals surface area contributed by atoms with E-state index < -0.39 is 5.24 Å². The molecule has 0 aliphatic carbocycles. The van der Waals surface area contributed by atoms with Gasteiger partial charge in [0.1, 0.15) is 10.2 Å². The molecule has 0 atom stereocenters. The van der Waals surface area contributed by atoms with Crippen molar-refractivity contribution in [3.63, 3.8) is 0 Å². The number of thiophene rings is 1. The number of fused-ring (bicyclic) bond motifs is 1. The number of H-pyrrole nitrogens is 1. The van der Waals surface area contributed by atoms with Crippen LogP contribution in [0, 0.1) is 0 Å². The van der Waals surface area contributed by atoms with Crippen molar-refractivity contribution in [2.45, 2.75) is 0 Å². The minimum atomic E-state index is -0.593. The molecule has 66 valence electrons. The Labute approximate surface area is 81.2 Å². The number of aromatic amines is 1. The predicted molar refractivity (Wildman–Crippen MR) is 50.4 cm³/mol. The second-order valence-electron chi connectivity index (χ2n) is 2.33. The third-order valence-corrected chi connectivity index (χ3v) is 2.74. The lowest BCUT2D eigenvalue weighted by atomic mass is 10.3. The summed E-state index contributed by atoms with van der Waals surface area (Å²) in [6, 6.07) is 0. The van der Waals surface area contributed by atoms with Crippen LogP contribution < -0.4 is 5.56 Å². The molecule has 0 aromatic carbocycles. The number of nitrogens with one attached hydrogen (secondary N) is 1. The maximum absolute atomic E-state index is 11.2. The molecule has 0 spiro atoms. The standard InChI is InChI=1S/C7H3ClN2O2S/c8-6(11)3-1-13-5-4(3)9-2-10-7(5)12/h1-2H,(H,9,10,12). The molecule has 2 aromatic rings. The van der Waals surface area contributed by atoms with Crippen molar-refractivity contribution in [3.8, 4) is 0 Å². The molecule has 0 fully saturated rings. The zero-order valence-corrected chi connectivity index (χ0v) is 7.78. The summed E-state index contributed by atoms with van der Waals surface area (Å²) in [5, 5.41) is 0.937. The fourth-order valence-electron chi connectivity index (χ4n) is 1.00. The fraction of sp³-hybridized carbons (Fsp3) is 0. The van der Waals surface area contributed by atoms with Crippen LogP contribution in [0.4, 0.5) is 0 Å². The molecule has 0 bridgehead atoms. The van der Waals surface area contributed by atoms with E-state index in [4.69, 9.17) is 11.6 Å². The molecular weight excluding hydrogens is 212 g/mol. The quantitative estimate of drug-likeness (QED) is 0.730. The Morgan fingerprint density at radius 3 is 3.08 bits per heavy atom. The fourth-order valence-corrected chi connectivity index (χ4v) is 2.10. The maximum atomic E-state index is 11.2. The number of aromatic nitrogens is 2. The third kappa shape index (κ3) is 1.26. The van der Waals surface area contributed by atoms with Gasteiger partial charge in [0.25, 0.3) is 10.8 Å². The Bertz CT molecular complexity index is 531. The lowest BCUT2D eigenvalue weighted by Gasteiger charge is -1.88. The largest absolute Gasteiger partial charge is 0.312 e. The molecular formula is C7H3ClN2O2S. The Balaban J connectivity index is 2.91. The van der Waals surface area contributed by atoms with Gasteiger partial charge in [-0.2, -0.15) is 0 Å². The average Bonchev–Trinajstić information content (AvgIpc) is 2.48. The van der Waals surface area contributed by atoms with Gasteiger partial charge in [-0.25, -0.2) is 4.98 Å².